The fraction of sp³-hybridized carbons (Fsp3) is 0. The standard InChI is InChI=1S/C14H10N2O10S2.2Na.2H/c17-15(18)11-5-3-9(13(7-11)27(21,22)23)1-2-10-4-6-12(16(19)20)8-14(10)28(24,25)26;;;;/h1-8H,(H,21,22,23)(H,24,25,26);;;;/b2-1+;;;;. The van der Waals surface area contributed by atoms with Gasteiger partial charge in [0.2, 0.25) is 0 Å². The van der Waals surface area contributed by atoms with Gasteiger partial charge in [0.1, 0.15) is 9.79 Å². The van der Waals surface area contributed by atoms with Crippen molar-refractivity contribution in [3.8, 4) is 0 Å². The van der Waals surface area contributed by atoms with E-state index in [1.165, 1.54) is 0 Å². The van der Waals surface area contributed by atoms with E-state index in [1.54, 1.807) is 0 Å². The third-order valence-corrected chi connectivity index (χ3v) is 5.23. The first-order valence-electron chi connectivity index (χ1n) is 7.00. The summed E-state index contributed by atoms with van der Waals surface area (Å²) in [4.78, 5) is 18.2. The zero-order chi connectivity index (χ0) is 21.3. The Hall–Kier alpha value is -1.20. The summed E-state index contributed by atoms with van der Waals surface area (Å²) in [5, 5.41) is 21.5. The van der Waals surface area contributed by atoms with Gasteiger partial charge in [0.05, 0.1) is 9.85 Å². The van der Waals surface area contributed by atoms with Gasteiger partial charge in [-0.1, -0.05) is 12.2 Å². The van der Waals surface area contributed by atoms with Gasteiger partial charge >= 0.3 is 59.1 Å². The summed E-state index contributed by atoms with van der Waals surface area (Å²) < 4.78 is 64.4. The van der Waals surface area contributed by atoms with E-state index in [-0.39, 0.29) is 70.2 Å². The second-order valence-corrected chi connectivity index (χ2v) is 8.02. The predicted molar refractivity (Wildman–Crippen MR) is 109 cm³/mol. The van der Waals surface area contributed by atoms with Gasteiger partial charge in [-0.3, -0.25) is 29.3 Å². The van der Waals surface area contributed by atoms with Gasteiger partial charge in [-0.15, -0.1) is 0 Å². The molecule has 0 saturated heterocycles. The van der Waals surface area contributed by atoms with E-state index in [0.717, 1.165) is 36.4 Å². The second kappa shape index (κ2) is 10.9. The molecular weight excluding hydrogens is 466 g/mol. The molecule has 0 atom stereocenters. The Morgan fingerprint density at radius 2 is 1.00 bits per heavy atom. The summed E-state index contributed by atoms with van der Waals surface area (Å²) in [5.74, 6) is 0. The van der Waals surface area contributed by atoms with Gasteiger partial charge in [-0.25, -0.2) is 0 Å². The third kappa shape index (κ3) is 7.19. The molecule has 0 aliphatic heterocycles. The fourth-order valence-corrected chi connectivity index (χ4v) is 3.58. The van der Waals surface area contributed by atoms with Crippen LogP contribution in [0.5, 0.6) is 0 Å². The molecule has 0 heterocycles. The van der Waals surface area contributed by atoms with Crippen LogP contribution in [0.1, 0.15) is 11.1 Å². The van der Waals surface area contributed by atoms with Crippen LogP contribution in [0.25, 0.3) is 12.2 Å². The number of hydrogen-bond donors (Lipinski definition) is 2. The summed E-state index contributed by atoms with van der Waals surface area (Å²) in [6.07, 6.45) is 2.01. The molecule has 2 rings (SSSR count). The van der Waals surface area contributed by atoms with Gasteiger partial charge in [0.15, 0.2) is 0 Å². The molecule has 0 unspecified atom stereocenters. The number of nitrogens with zero attached hydrogens (tertiary/aromatic N) is 2. The summed E-state index contributed by atoms with van der Waals surface area (Å²) in [5.41, 5.74) is -1.68. The number of non-ortho nitro benzene ring substituents is 2. The Bertz CT molecular complexity index is 1130. The van der Waals surface area contributed by atoms with Crippen molar-refractivity contribution in [2.24, 2.45) is 0 Å². The monoisotopic (exact) mass is 478 g/mol. The Balaban J connectivity index is 0.00000420. The number of nitro groups is 2. The number of hydrogen-bond acceptors (Lipinski definition) is 8. The first-order valence-corrected chi connectivity index (χ1v) is 9.88. The molecule has 0 fully saturated rings. The molecular formula is C14H12N2Na2O10S2. The van der Waals surface area contributed by atoms with E-state index in [0.29, 0.717) is 12.1 Å². The minimum absolute atomic E-state index is 0. The normalized spacial score (nSPS) is 11.4. The van der Waals surface area contributed by atoms with Gasteiger partial charge in [0, 0.05) is 24.3 Å². The van der Waals surface area contributed by atoms with E-state index in [2.05, 4.69) is 0 Å². The molecule has 2 N–H and O–H groups in total. The number of rotatable bonds is 6. The molecule has 30 heavy (non-hydrogen) atoms. The van der Waals surface area contributed by atoms with Crippen LogP contribution in [0.2, 0.25) is 0 Å². The first kappa shape index (κ1) is 28.8. The van der Waals surface area contributed by atoms with Crippen LogP contribution >= 0.6 is 0 Å². The molecule has 0 aliphatic rings. The fourth-order valence-electron chi connectivity index (χ4n) is 2.17. The van der Waals surface area contributed by atoms with Gasteiger partial charge in [-0.2, -0.15) is 16.8 Å². The quantitative estimate of drug-likeness (QED) is 0.198. The molecule has 2 aromatic rings. The Morgan fingerprint density at radius 3 is 1.23 bits per heavy atom. The number of benzene rings is 2. The minimum atomic E-state index is -4.86. The van der Waals surface area contributed by atoms with Crippen molar-refractivity contribution in [3.63, 3.8) is 0 Å². The first-order chi connectivity index (χ1) is 12.8. The Kier molecular flexibility index (Phi) is 10.5. The van der Waals surface area contributed by atoms with Crippen LogP contribution in [-0.2, 0) is 20.2 Å². The SMILES string of the molecule is O=[N+]([O-])c1ccc(/C=C/c2ccc([N+](=O)[O-])cc2S(=O)(=O)O)c(S(=O)(=O)O)c1.[NaH].[NaH]. The maximum atomic E-state index is 11.5. The van der Waals surface area contributed by atoms with E-state index >= 15 is 0 Å². The van der Waals surface area contributed by atoms with Crippen LogP contribution in [0, 0.1) is 20.2 Å². The summed E-state index contributed by atoms with van der Waals surface area (Å²) in [7, 11) is -9.73. The van der Waals surface area contributed by atoms with Crippen LogP contribution in [-0.4, -0.2) is 94.9 Å². The number of nitro benzene ring substituents is 2. The van der Waals surface area contributed by atoms with E-state index in [4.69, 9.17) is 0 Å². The van der Waals surface area contributed by atoms with Gasteiger partial charge < -0.3 is 0 Å². The third-order valence-electron chi connectivity index (χ3n) is 3.41. The average molecular weight is 478 g/mol. The van der Waals surface area contributed by atoms with Crippen molar-refractivity contribution in [2.45, 2.75) is 9.79 Å². The Morgan fingerprint density at radius 1 is 0.700 bits per heavy atom. The topological polar surface area (TPSA) is 195 Å². The molecule has 0 bridgehead atoms. The van der Waals surface area contributed by atoms with Crippen molar-refractivity contribution in [1.29, 1.82) is 0 Å². The molecule has 152 valence electrons. The van der Waals surface area contributed by atoms with Crippen LogP contribution in [0.15, 0.2) is 46.2 Å². The van der Waals surface area contributed by atoms with Crippen molar-refractivity contribution in [2.75, 3.05) is 0 Å². The molecule has 0 spiro atoms. The van der Waals surface area contributed by atoms with Crippen LogP contribution < -0.4 is 0 Å². The van der Waals surface area contributed by atoms with Crippen molar-refractivity contribution < 1.29 is 35.8 Å². The van der Waals surface area contributed by atoms with Crippen LogP contribution in [0.4, 0.5) is 11.4 Å². The molecule has 16 heteroatoms. The van der Waals surface area contributed by atoms with E-state index < -0.39 is 51.2 Å². The van der Waals surface area contributed by atoms with Crippen molar-refractivity contribution >= 4 is 103 Å². The van der Waals surface area contributed by atoms with Crippen LogP contribution in [0.3, 0.4) is 0 Å². The van der Waals surface area contributed by atoms with Gasteiger partial charge in [-0.05, 0) is 23.3 Å². The zero-order valence-corrected chi connectivity index (χ0v) is 15.1. The van der Waals surface area contributed by atoms with Crippen molar-refractivity contribution in [3.05, 3.63) is 67.8 Å². The Labute approximate surface area is 214 Å². The molecule has 0 aliphatic carbocycles. The maximum absolute atomic E-state index is 11.5. The van der Waals surface area contributed by atoms with E-state index in [1.807, 2.05) is 0 Å². The zero-order valence-electron chi connectivity index (χ0n) is 13.5. The average Bonchev–Trinajstić information content (AvgIpc) is 2.57. The van der Waals surface area contributed by atoms with Gasteiger partial charge in [0.25, 0.3) is 31.6 Å². The van der Waals surface area contributed by atoms with Crippen molar-refractivity contribution in [1.82, 2.24) is 0 Å². The summed E-state index contributed by atoms with van der Waals surface area (Å²) in [6, 6.07) is 5.11. The second-order valence-electron chi connectivity index (χ2n) is 5.24. The summed E-state index contributed by atoms with van der Waals surface area (Å²) in [6.45, 7) is 0. The molecule has 0 aromatic heterocycles. The molecule has 2 aromatic carbocycles. The molecule has 12 nitrogen and oxygen atoms in total. The molecule has 0 amide bonds. The molecule has 0 saturated carbocycles. The summed E-state index contributed by atoms with van der Waals surface area (Å²) >= 11 is 0. The van der Waals surface area contributed by atoms with E-state index in [9.17, 15) is 46.2 Å². The predicted octanol–water partition coefficient (Wildman–Crippen LogP) is 0.870. The molecule has 0 radical (unpaired) electrons.